The van der Waals surface area contributed by atoms with E-state index in [1.807, 2.05) is 18.2 Å². The Morgan fingerprint density at radius 2 is 1.00 bits per heavy atom. The third kappa shape index (κ3) is 20.5. The minimum absolute atomic E-state index is 0.0237. The summed E-state index contributed by atoms with van der Waals surface area (Å²) in [5, 5.41) is 0. The van der Waals surface area contributed by atoms with Gasteiger partial charge in [0.15, 0.2) is 0 Å². The van der Waals surface area contributed by atoms with Crippen LogP contribution in [0.25, 0.3) is 0 Å². The molecule has 42 heavy (non-hydrogen) atoms. The maximum absolute atomic E-state index is 12.6. The molecule has 0 aliphatic carbocycles. The molecule has 1 fully saturated rings. The van der Waals surface area contributed by atoms with E-state index in [9.17, 15) is 4.79 Å². The van der Waals surface area contributed by atoms with Gasteiger partial charge in [-0.2, -0.15) is 0 Å². The average molecular weight is 584 g/mol. The van der Waals surface area contributed by atoms with Crippen molar-refractivity contribution in [3.63, 3.8) is 0 Å². The minimum Gasteiger partial charge on any atom is -0.456 e. The molecule has 0 spiro atoms. The van der Waals surface area contributed by atoms with Crippen LogP contribution in [-0.4, -0.2) is 30.5 Å². The zero-order valence-corrected chi connectivity index (χ0v) is 27.9. The Morgan fingerprint density at radius 3 is 1.43 bits per heavy atom. The van der Waals surface area contributed by atoms with Crippen molar-refractivity contribution >= 4 is 5.97 Å². The number of unbranched alkanes of at least 4 members (excludes halogenated alkanes) is 22. The van der Waals surface area contributed by atoms with Crippen LogP contribution in [0.3, 0.4) is 0 Å². The minimum atomic E-state index is -0.138. The van der Waals surface area contributed by atoms with E-state index < -0.39 is 0 Å². The first-order valence-corrected chi connectivity index (χ1v) is 18.8. The Hall–Kier alpha value is -1.35. The third-order valence-electron chi connectivity index (χ3n) is 9.30. The average Bonchev–Trinajstić information content (AvgIpc) is 3.02. The van der Waals surface area contributed by atoms with Gasteiger partial charge in [-0.3, -0.25) is 9.69 Å². The van der Waals surface area contributed by atoms with Gasteiger partial charge in [-0.15, -0.1) is 0 Å². The Morgan fingerprint density at radius 1 is 0.595 bits per heavy atom. The van der Waals surface area contributed by atoms with Gasteiger partial charge in [0.1, 0.15) is 6.10 Å². The van der Waals surface area contributed by atoms with E-state index in [-0.39, 0.29) is 12.1 Å². The van der Waals surface area contributed by atoms with Crippen molar-refractivity contribution in [2.24, 2.45) is 0 Å². The molecule has 1 aliphatic rings. The standard InChI is InChI=1S/C39H69NO2/c1-2-3-4-5-6-7-8-9-10-11-12-13-14-15-16-17-18-19-20-21-22-23-28-33-39(41)42-38(37-31-26-24-27-32-37)36-40-34-29-25-30-35-40/h24,26-27,31-32,38H,2-23,25,28-30,33-36H2,1H3/t38-/m1/s1. The number of piperidine rings is 1. The lowest BCUT2D eigenvalue weighted by molar-refractivity contribution is -0.150. The SMILES string of the molecule is CCCCCCCCCCCCCCCCCCCCCCCCCC(=O)O[C@H](CN1CCCCC1)c1ccccc1. The smallest absolute Gasteiger partial charge is 0.306 e. The van der Waals surface area contributed by atoms with Crippen LogP contribution >= 0.6 is 0 Å². The van der Waals surface area contributed by atoms with Gasteiger partial charge >= 0.3 is 5.97 Å². The van der Waals surface area contributed by atoms with Crippen molar-refractivity contribution in [2.75, 3.05) is 19.6 Å². The first-order chi connectivity index (χ1) is 20.8. The second-order valence-corrected chi connectivity index (χ2v) is 13.3. The van der Waals surface area contributed by atoms with E-state index in [0.717, 1.165) is 38.0 Å². The van der Waals surface area contributed by atoms with Crippen LogP contribution in [0, 0.1) is 0 Å². The van der Waals surface area contributed by atoms with E-state index in [0.29, 0.717) is 6.42 Å². The first-order valence-electron chi connectivity index (χ1n) is 18.8. The van der Waals surface area contributed by atoms with Gasteiger partial charge < -0.3 is 4.74 Å². The second-order valence-electron chi connectivity index (χ2n) is 13.3. The Balaban J connectivity index is 1.33. The number of hydrogen-bond donors (Lipinski definition) is 0. The molecule has 0 unspecified atom stereocenters. The molecule has 1 saturated heterocycles. The molecule has 242 valence electrons. The van der Waals surface area contributed by atoms with E-state index in [1.54, 1.807) is 0 Å². The van der Waals surface area contributed by atoms with Crippen molar-refractivity contribution in [1.29, 1.82) is 0 Å². The van der Waals surface area contributed by atoms with Gasteiger partial charge in [0, 0.05) is 13.0 Å². The summed E-state index contributed by atoms with van der Waals surface area (Å²) in [6.45, 7) is 5.38. The molecule has 0 amide bonds. The van der Waals surface area contributed by atoms with Gasteiger partial charge in [-0.1, -0.05) is 185 Å². The number of benzene rings is 1. The van der Waals surface area contributed by atoms with Crippen LogP contribution in [0.2, 0.25) is 0 Å². The molecule has 0 radical (unpaired) electrons. The van der Waals surface area contributed by atoms with Gasteiger partial charge in [0.05, 0.1) is 0 Å². The summed E-state index contributed by atoms with van der Waals surface area (Å²) in [6, 6.07) is 10.3. The molecule has 1 aromatic carbocycles. The summed E-state index contributed by atoms with van der Waals surface area (Å²) in [6.07, 6.45) is 36.2. The zero-order chi connectivity index (χ0) is 29.8. The molecule has 1 atom stereocenters. The van der Waals surface area contributed by atoms with E-state index >= 15 is 0 Å². The highest BCUT2D eigenvalue weighted by molar-refractivity contribution is 5.69. The van der Waals surface area contributed by atoms with Crippen molar-refractivity contribution < 1.29 is 9.53 Å². The number of nitrogens with zero attached hydrogens (tertiary/aromatic N) is 1. The van der Waals surface area contributed by atoms with Gasteiger partial charge in [-0.25, -0.2) is 0 Å². The molecule has 1 heterocycles. The highest BCUT2D eigenvalue weighted by Crippen LogP contribution is 2.22. The summed E-state index contributed by atoms with van der Waals surface area (Å²) < 4.78 is 6.01. The Kier molecular flexibility index (Phi) is 23.9. The second kappa shape index (κ2) is 27.2. The number of likely N-dealkylation sites (tertiary alicyclic amines) is 1. The lowest BCUT2D eigenvalue weighted by atomic mass is 10.0. The van der Waals surface area contributed by atoms with Gasteiger partial charge in [0.2, 0.25) is 0 Å². The summed E-state index contributed by atoms with van der Waals surface area (Å²) in [7, 11) is 0. The van der Waals surface area contributed by atoms with Crippen LogP contribution in [0.15, 0.2) is 30.3 Å². The summed E-state index contributed by atoms with van der Waals surface area (Å²) >= 11 is 0. The fraction of sp³-hybridized carbons (Fsp3) is 0.821. The summed E-state index contributed by atoms with van der Waals surface area (Å²) in [5.74, 6) is -0.0237. The van der Waals surface area contributed by atoms with Crippen LogP contribution in [0.4, 0.5) is 0 Å². The normalized spacial score (nSPS) is 14.7. The molecule has 2 rings (SSSR count). The molecular weight excluding hydrogens is 514 g/mol. The number of rotatable bonds is 28. The highest BCUT2D eigenvalue weighted by atomic mass is 16.5. The fourth-order valence-electron chi connectivity index (χ4n) is 6.53. The van der Waals surface area contributed by atoms with Crippen LogP contribution < -0.4 is 0 Å². The van der Waals surface area contributed by atoms with Crippen LogP contribution in [-0.2, 0) is 9.53 Å². The number of carbonyl (C=O) groups excluding carboxylic acids is 1. The number of ether oxygens (including phenoxy) is 1. The topological polar surface area (TPSA) is 29.5 Å². The zero-order valence-electron chi connectivity index (χ0n) is 27.9. The van der Waals surface area contributed by atoms with Crippen molar-refractivity contribution in [3.8, 4) is 0 Å². The highest BCUT2D eigenvalue weighted by Gasteiger charge is 2.21. The predicted molar refractivity (Wildman–Crippen MR) is 182 cm³/mol. The number of hydrogen-bond acceptors (Lipinski definition) is 3. The number of esters is 1. The molecule has 0 N–H and O–H groups in total. The quantitative estimate of drug-likeness (QED) is 0.0725. The number of carbonyl (C=O) groups is 1. The van der Waals surface area contributed by atoms with E-state index in [2.05, 4.69) is 24.0 Å². The largest absolute Gasteiger partial charge is 0.456 e. The summed E-state index contributed by atoms with van der Waals surface area (Å²) in [4.78, 5) is 15.1. The molecule has 3 nitrogen and oxygen atoms in total. The van der Waals surface area contributed by atoms with Crippen LogP contribution in [0.1, 0.15) is 192 Å². The van der Waals surface area contributed by atoms with E-state index in [1.165, 1.54) is 154 Å². The van der Waals surface area contributed by atoms with Crippen molar-refractivity contribution in [3.05, 3.63) is 35.9 Å². The molecule has 0 saturated carbocycles. The maximum atomic E-state index is 12.6. The van der Waals surface area contributed by atoms with Crippen molar-refractivity contribution in [1.82, 2.24) is 4.90 Å². The molecule has 0 aromatic heterocycles. The van der Waals surface area contributed by atoms with Crippen LogP contribution in [0.5, 0.6) is 0 Å². The fourth-order valence-corrected chi connectivity index (χ4v) is 6.53. The van der Waals surface area contributed by atoms with Gasteiger partial charge in [-0.05, 0) is 37.9 Å². The molecule has 3 heteroatoms. The first kappa shape index (κ1) is 36.8. The lowest BCUT2D eigenvalue weighted by Crippen LogP contribution is -2.34. The Labute approximate surface area is 262 Å². The molecule has 1 aliphatic heterocycles. The Bertz CT molecular complexity index is 714. The third-order valence-corrected chi connectivity index (χ3v) is 9.30. The predicted octanol–water partition coefficient (Wildman–Crippen LogP) is 12.1. The lowest BCUT2D eigenvalue weighted by Gasteiger charge is -2.30. The monoisotopic (exact) mass is 584 g/mol. The molecule has 1 aromatic rings. The van der Waals surface area contributed by atoms with E-state index in [4.69, 9.17) is 4.74 Å². The maximum Gasteiger partial charge on any atom is 0.306 e. The molecule has 0 bridgehead atoms. The molecular formula is C39H69NO2. The summed E-state index contributed by atoms with van der Waals surface area (Å²) in [5.41, 5.74) is 1.13. The van der Waals surface area contributed by atoms with Crippen molar-refractivity contribution in [2.45, 2.75) is 186 Å². The van der Waals surface area contributed by atoms with Gasteiger partial charge in [0.25, 0.3) is 0 Å².